The maximum atomic E-state index is 13.9. The van der Waals surface area contributed by atoms with Crippen molar-refractivity contribution in [2.45, 2.75) is 6.92 Å². The number of hydrogen-bond acceptors (Lipinski definition) is 4. The number of urea groups is 1. The van der Waals surface area contributed by atoms with Crippen LogP contribution in [0.25, 0.3) is 11.3 Å². The van der Waals surface area contributed by atoms with Gasteiger partial charge in [-0.1, -0.05) is 41.9 Å². The molecule has 1 fully saturated rings. The summed E-state index contributed by atoms with van der Waals surface area (Å²) in [5.74, 6) is 0.211. The quantitative estimate of drug-likeness (QED) is 0.666. The summed E-state index contributed by atoms with van der Waals surface area (Å²) in [5, 5.41) is 11.5. The van der Waals surface area contributed by atoms with E-state index in [9.17, 15) is 9.18 Å². The Morgan fingerprint density at radius 1 is 1.00 bits per heavy atom. The molecule has 1 aliphatic heterocycles. The van der Waals surface area contributed by atoms with Gasteiger partial charge in [-0.05, 0) is 36.8 Å². The number of nitrogens with one attached hydrogen (secondary N) is 1. The van der Waals surface area contributed by atoms with Gasteiger partial charge in [0.05, 0.1) is 16.4 Å². The summed E-state index contributed by atoms with van der Waals surface area (Å²) in [7, 11) is 0. The summed E-state index contributed by atoms with van der Waals surface area (Å²) in [6, 6.07) is 15.9. The van der Waals surface area contributed by atoms with Crippen LogP contribution in [0.1, 0.15) is 5.56 Å². The fourth-order valence-electron chi connectivity index (χ4n) is 3.44. The zero-order valence-electron chi connectivity index (χ0n) is 16.5. The van der Waals surface area contributed by atoms with Crippen LogP contribution in [0.4, 0.5) is 20.7 Å². The zero-order chi connectivity index (χ0) is 21.1. The molecule has 0 unspecified atom stereocenters. The van der Waals surface area contributed by atoms with E-state index in [1.54, 1.807) is 4.90 Å². The van der Waals surface area contributed by atoms with Crippen molar-refractivity contribution in [3.63, 3.8) is 0 Å². The van der Waals surface area contributed by atoms with E-state index in [1.165, 1.54) is 18.2 Å². The van der Waals surface area contributed by atoms with E-state index in [1.807, 2.05) is 43.3 Å². The van der Waals surface area contributed by atoms with Gasteiger partial charge in [0.1, 0.15) is 5.82 Å². The highest BCUT2D eigenvalue weighted by atomic mass is 35.5. The van der Waals surface area contributed by atoms with E-state index in [0.717, 1.165) is 22.6 Å². The topological polar surface area (TPSA) is 61.4 Å². The lowest BCUT2D eigenvalue weighted by molar-refractivity contribution is 0.208. The van der Waals surface area contributed by atoms with Crippen LogP contribution in [0.15, 0.2) is 54.6 Å². The van der Waals surface area contributed by atoms with Crippen molar-refractivity contribution in [3.8, 4) is 11.3 Å². The third-order valence-electron chi connectivity index (χ3n) is 5.16. The maximum absolute atomic E-state index is 13.9. The average molecular weight is 426 g/mol. The number of piperazine rings is 1. The molecule has 1 aromatic heterocycles. The van der Waals surface area contributed by atoms with Crippen molar-refractivity contribution in [3.05, 3.63) is 71.0 Å². The van der Waals surface area contributed by atoms with Crippen molar-refractivity contribution >= 4 is 29.1 Å². The van der Waals surface area contributed by atoms with Crippen molar-refractivity contribution in [2.75, 3.05) is 36.4 Å². The van der Waals surface area contributed by atoms with E-state index in [-0.39, 0.29) is 16.7 Å². The Labute approximate surface area is 179 Å². The fraction of sp³-hybridized carbons (Fsp3) is 0.227. The molecule has 1 saturated heterocycles. The Kier molecular flexibility index (Phi) is 5.81. The van der Waals surface area contributed by atoms with Crippen molar-refractivity contribution in [2.24, 2.45) is 0 Å². The molecule has 4 rings (SSSR count). The van der Waals surface area contributed by atoms with Crippen molar-refractivity contribution in [1.29, 1.82) is 0 Å². The van der Waals surface area contributed by atoms with Crippen LogP contribution in [0.2, 0.25) is 5.02 Å². The second-order valence-corrected chi connectivity index (χ2v) is 7.50. The number of para-hydroxylation sites is 1. The van der Waals surface area contributed by atoms with Crippen LogP contribution in [0, 0.1) is 12.7 Å². The average Bonchev–Trinajstić information content (AvgIpc) is 2.77. The smallest absolute Gasteiger partial charge is 0.322 e. The second-order valence-electron chi connectivity index (χ2n) is 7.09. The number of aromatic nitrogens is 2. The van der Waals surface area contributed by atoms with Crippen LogP contribution < -0.4 is 10.2 Å². The number of amides is 2. The third-order valence-corrected chi connectivity index (χ3v) is 5.47. The van der Waals surface area contributed by atoms with Crippen molar-refractivity contribution in [1.82, 2.24) is 15.1 Å². The molecule has 0 bridgehead atoms. The van der Waals surface area contributed by atoms with Crippen LogP contribution in [-0.4, -0.2) is 47.3 Å². The minimum atomic E-state index is -0.557. The monoisotopic (exact) mass is 425 g/mol. The number of rotatable bonds is 3. The molecule has 1 aliphatic rings. The molecule has 8 heteroatoms. The number of benzene rings is 2. The number of halogens is 2. The largest absolute Gasteiger partial charge is 0.352 e. The number of anilines is 2. The summed E-state index contributed by atoms with van der Waals surface area (Å²) in [6.45, 7) is 4.23. The predicted octanol–water partition coefficient (Wildman–Crippen LogP) is 4.60. The molecule has 0 saturated carbocycles. The Morgan fingerprint density at radius 2 is 1.77 bits per heavy atom. The highest BCUT2D eigenvalue weighted by Crippen LogP contribution is 2.25. The number of nitrogens with zero attached hydrogens (tertiary/aromatic N) is 4. The molecular weight excluding hydrogens is 405 g/mol. The predicted molar refractivity (Wildman–Crippen MR) is 116 cm³/mol. The van der Waals surface area contributed by atoms with Gasteiger partial charge in [0.25, 0.3) is 0 Å². The lowest BCUT2D eigenvalue weighted by Gasteiger charge is -2.35. The molecule has 154 valence electrons. The van der Waals surface area contributed by atoms with E-state index < -0.39 is 5.82 Å². The first-order valence-electron chi connectivity index (χ1n) is 9.67. The molecule has 2 amide bonds. The minimum Gasteiger partial charge on any atom is -0.352 e. The summed E-state index contributed by atoms with van der Waals surface area (Å²) in [4.78, 5) is 16.2. The third kappa shape index (κ3) is 4.21. The van der Waals surface area contributed by atoms with Gasteiger partial charge in [0.15, 0.2) is 5.82 Å². The Morgan fingerprint density at radius 3 is 2.43 bits per heavy atom. The standard InChI is InChI=1S/C22H21ClFN5O/c1-15-5-2-3-6-16(15)19-9-10-20(27-26-19)28-11-13-29(14-12-28)22(30)25-21-17(23)7-4-8-18(21)24/h2-10H,11-14H2,1H3,(H,25,30). The van der Waals surface area contributed by atoms with Crippen LogP contribution in [-0.2, 0) is 0 Å². The summed E-state index contributed by atoms with van der Waals surface area (Å²) in [6.07, 6.45) is 0. The fourth-order valence-corrected chi connectivity index (χ4v) is 3.65. The van der Waals surface area contributed by atoms with E-state index in [2.05, 4.69) is 20.4 Å². The van der Waals surface area contributed by atoms with E-state index >= 15 is 0 Å². The first-order valence-corrected chi connectivity index (χ1v) is 10.1. The van der Waals surface area contributed by atoms with Gasteiger partial charge >= 0.3 is 6.03 Å². The van der Waals surface area contributed by atoms with Gasteiger partial charge in [0.2, 0.25) is 0 Å². The maximum Gasteiger partial charge on any atom is 0.322 e. The molecule has 2 aromatic carbocycles. The Balaban J connectivity index is 1.37. The zero-order valence-corrected chi connectivity index (χ0v) is 17.2. The van der Waals surface area contributed by atoms with Crippen LogP contribution in [0.3, 0.4) is 0 Å². The van der Waals surface area contributed by atoms with Crippen LogP contribution in [0.5, 0.6) is 0 Å². The lowest BCUT2D eigenvalue weighted by atomic mass is 10.1. The van der Waals surface area contributed by atoms with Crippen LogP contribution >= 0.6 is 11.6 Å². The summed E-state index contributed by atoms with van der Waals surface area (Å²) < 4.78 is 13.9. The van der Waals surface area contributed by atoms with Gasteiger partial charge < -0.3 is 15.1 Å². The number of hydrogen-bond donors (Lipinski definition) is 1. The van der Waals surface area contributed by atoms with Gasteiger partial charge in [-0.2, -0.15) is 0 Å². The number of aryl methyl sites for hydroxylation is 1. The van der Waals surface area contributed by atoms with Gasteiger partial charge in [-0.15, -0.1) is 10.2 Å². The normalized spacial score (nSPS) is 14.0. The number of carbonyl (C=O) groups excluding carboxylic acids is 1. The molecule has 6 nitrogen and oxygen atoms in total. The molecule has 0 spiro atoms. The lowest BCUT2D eigenvalue weighted by Crippen LogP contribution is -2.50. The van der Waals surface area contributed by atoms with Crippen molar-refractivity contribution < 1.29 is 9.18 Å². The summed E-state index contributed by atoms with van der Waals surface area (Å²) in [5.41, 5.74) is 3.04. The van der Waals surface area contributed by atoms with Gasteiger partial charge in [-0.3, -0.25) is 0 Å². The first kappa shape index (κ1) is 20.1. The Bertz CT molecular complexity index is 1030. The van der Waals surface area contributed by atoms with Gasteiger partial charge in [0, 0.05) is 31.7 Å². The van der Waals surface area contributed by atoms with Gasteiger partial charge in [-0.25, -0.2) is 9.18 Å². The molecule has 30 heavy (non-hydrogen) atoms. The molecule has 1 N–H and O–H groups in total. The van der Waals surface area contributed by atoms with E-state index in [4.69, 9.17) is 11.6 Å². The molecular formula is C22H21ClFN5O. The second kappa shape index (κ2) is 8.67. The molecule has 0 radical (unpaired) electrons. The highest BCUT2D eigenvalue weighted by Gasteiger charge is 2.23. The molecule has 2 heterocycles. The Hall–Kier alpha value is -3.19. The minimum absolute atomic E-state index is 0.00394. The number of carbonyl (C=O) groups is 1. The SMILES string of the molecule is Cc1ccccc1-c1ccc(N2CCN(C(=O)Nc3c(F)cccc3Cl)CC2)nn1. The van der Waals surface area contributed by atoms with E-state index in [0.29, 0.717) is 26.2 Å². The molecule has 3 aromatic rings. The summed E-state index contributed by atoms with van der Waals surface area (Å²) >= 11 is 5.99. The highest BCUT2D eigenvalue weighted by molar-refractivity contribution is 6.33. The first-order chi connectivity index (χ1) is 14.5. The molecule has 0 aliphatic carbocycles. The molecule has 0 atom stereocenters.